The molecule has 2 aromatic rings. The van der Waals surface area contributed by atoms with Gasteiger partial charge in [-0.3, -0.25) is 14.4 Å². The van der Waals surface area contributed by atoms with E-state index in [0.717, 1.165) is 68.9 Å². The zero-order valence-corrected chi connectivity index (χ0v) is 67.1. The summed E-state index contributed by atoms with van der Waals surface area (Å²) in [7, 11) is 6.05. The second kappa shape index (κ2) is 228. The fourth-order valence-electron chi connectivity index (χ4n) is 3.49. The van der Waals surface area contributed by atoms with Crippen LogP contribution in [0.25, 0.3) is 0 Å². The van der Waals surface area contributed by atoms with Crippen molar-refractivity contribution in [1.82, 2.24) is 64.3 Å². The molecule has 0 aromatic heterocycles. The Balaban J connectivity index is -0.0000000205. The maximum absolute atomic E-state index is 12.1. The molecule has 0 saturated carbocycles. The van der Waals surface area contributed by atoms with Crippen molar-refractivity contribution < 1.29 is 67.4 Å². The van der Waals surface area contributed by atoms with E-state index in [1.165, 1.54) is 63.4 Å². The molecular weight excluding hydrogens is 1240 g/mol. The number of piperidine rings is 1. The van der Waals surface area contributed by atoms with Gasteiger partial charge in [0.25, 0.3) is 0 Å². The zero-order chi connectivity index (χ0) is 76.1. The van der Waals surface area contributed by atoms with Crippen molar-refractivity contribution in [1.29, 1.82) is 0 Å². The lowest BCUT2D eigenvalue weighted by atomic mass is 10.1. The van der Waals surface area contributed by atoms with Crippen molar-refractivity contribution in [2.24, 2.45) is 40.9 Å². The summed E-state index contributed by atoms with van der Waals surface area (Å²) in [6.07, 6.45) is 9.24. The molecule has 1 saturated heterocycles. The summed E-state index contributed by atoms with van der Waals surface area (Å²) < 4.78 is 0. The molecule has 1 aliphatic rings. The average molecular weight is 1410 g/mol. The molecule has 3 amide bonds. The normalized spacial score (nSPS) is 7.80. The molecule has 2 aromatic carbocycles. The number of nitrogens with two attached hydrogens (primary N) is 3. The average Bonchev–Trinajstić information content (AvgIpc) is 3.60. The van der Waals surface area contributed by atoms with Gasteiger partial charge in [-0.1, -0.05) is 205 Å². The third-order valence-corrected chi connectivity index (χ3v) is 8.29. The Morgan fingerprint density at radius 3 is 0.750 bits per heavy atom. The van der Waals surface area contributed by atoms with Crippen molar-refractivity contribution in [2.75, 3.05) is 47.8 Å². The molecule has 0 aliphatic carbocycles. The van der Waals surface area contributed by atoms with Crippen LogP contribution in [0.5, 0.6) is 0 Å². The number of benzene rings is 2. The zero-order valence-electron chi connectivity index (χ0n) is 67.1. The number of rotatable bonds is 9. The third kappa shape index (κ3) is 291. The highest BCUT2D eigenvalue weighted by molar-refractivity contribution is 5.89. The largest absolute Gasteiger partial charge is 0.394 e. The van der Waals surface area contributed by atoms with Crippen LogP contribution in [-0.2, 0) is 75.2 Å². The molecule has 0 unspecified atom stereocenters. The first-order chi connectivity index (χ1) is 42.1. The van der Waals surface area contributed by atoms with Gasteiger partial charge < -0.3 is 135 Å². The van der Waals surface area contributed by atoms with Crippen LogP contribution in [0.15, 0.2) is 60.7 Å². The molecular formula is C68H168N14O14. The summed E-state index contributed by atoms with van der Waals surface area (Å²) in [6.45, 7) is 66.8. The van der Waals surface area contributed by atoms with Gasteiger partial charge in [-0.2, -0.15) is 0 Å². The fourth-order valence-corrected chi connectivity index (χ4v) is 3.49. The molecule has 1 heterocycles. The number of aliphatic hydroxyl groups excluding tert-OH is 1. The summed E-state index contributed by atoms with van der Waals surface area (Å²) in [6, 6.07) is 20.4. The maximum Gasteiger partial charge on any atom is 0.244 e. The van der Waals surface area contributed by atoms with Crippen LogP contribution in [0.3, 0.4) is 0 Å². The van der Waals surface area contributed by atoms with Crippen molar-refractivity contribution in [2.45, 2.75) is 216 Å². The number of carbonyl (C=O) groups is 13. The van der Waals surface area contributed by atoms with E-state index in [0.29, 0.717) is 0 Å². The van der Waals surface area contributed by atoms with Gasteiger partial charge in [-0.15, -0.1) is 0 Å². The van der Waals surface area contributed by atoms with Crippen LogP contribution in [0.1, 0.15) is 202 Å². The van der Waals surface area contributed by atoms with E-state index in [1.807, 2.05) is 108 Å². The number of likely N-dealkylation sites (N-methyl/N-ethyl adjacent to an activating group) is 1. The molecule has 96 heavy (non-hydrogen) atoms. The Bertz CT molecular complexity index is 1280. The standard InChI is InChI=1S/C13H23N3O3.2C8H10.3C5H12.C4H10.C3H8O.2C2H6.3CH5N.10CH2O.8H3N/c1-10(13(19)16-7-5-4-6-8-16)14-12(18)9-15(3)11(2)17;2*1-2-8-6-4-3-5-7-8;3*1-4-5(2)3;1-4(2)3;1-3(2)4;15*1-2;;;;;;;;/h10H,4-9H2,1-3H3,(H,14,18);2*3-7H,2H2,1H3;3*5H,4H2,1-3H3;4H,1-3H3;3-4H,1-2H3;2*1-2H3;3*2H2,1H3;10*1H2;8*1H3/t10-;;;;;;;;;;;;;;;;;;;;;;;;;;;;;;/m0............................../s1. The first-order valence-corrected chi connectivity index (χ1v) is 29.2. The minimum absolute atomic E-state index is 0. The Labute approximate surface area is 591 Å². The van der Waals surface area contributed by atoms with Crippen molar-refractivity contribution in [3.8, 4) is 0 Å². The fraction of sp³-hybridized carbons (Fsp3) is 0.632. The monoisotopic (exact) mass is 1410 g/mol. The van der Waals surface area contributed by atoms with Gasteiger partial charge in [-0.25, -0.2) is 0 Å². The SMILES string of the molecule is C=O.C=O.C=O.C=O.C=O.C=O.C=O.C=O.C=O.C=O.CC.CC.CC(=O)N(C)CC(=O)N[C@@H](C)C(=O)N1CCCCC1.CC(C)C.CC(C)O.CCC(C)C.CCC(C)C.CCC(C)C.CCc1ccccc1.CCc1ccccc1.CN.CN.CN.N.N.N.N.N.N.N.N. The van der Waals surface area contributed by atoms with E-state index in [-0.39, 0.29) is 79.6 Å². The highest BCUT2D eigenvalue weighted by Gasteiger charge is 2.23. The minimum atomic E-state index is -0.536. The smallest absolute Gasteiger partial charge is 0.244 e. The molecule has 3 rings (SSSR count). The van der Waals surface area contributed by atoms with Gasteiger partial charge in [0.1, 0.15) is 73.9 Å². The topological polar surface area (TPSA) is 619 Å². The number of amides is 3. The molecule has 1 fully saturated rings. The van der Waals surface area contributed by atoms with E-state index < -0.39 is 6.04 Å². The van der Waals surface area contributed by atoms with Gasteiger partial charge >= 0.3 is 0 Å². The lowest BCUT2D eigenvalue weighted by Crippen LogP contribution is -2.50. The molecule has 594 valence electrons. The molecule has 32 N–H and O–H groups in total. The molecule has 1 aliphatic heterocycles. The molecule has 1 atom stereocenters. The Morgan fingerprint density at radius 1 is 0.438 bits per heavy atom. The first-order valence-electron chi connectivity index (χ1n) is 29.2. The number of nitrogens with zero attached hydrogens (tertiary/aromatic N) is 2. The van der Waals surface area contributed by atoms with Crippen LogP contribution in [0, 0.1) is 23.7 Å². The number of hydrogen-bond donors (Lipinski definition) is 13. The Morgan fingerprint density at radius 2 is 0.615 bits per heavy atom. The van der Waals surface area contributed by atoms with Crippen LogP contribution < -0.4 is 71.7 Å². The molecule has 28 heteroatoms. The second-order valence-electron chi connectivity index (χ2n) is 17.0. The van der Waals surface area contributed by atoms with E-state index in [1.54, 1.807) is 32.7 Å². The summed E-state index contributed by atoms with van der Waals surface area (Å²) in [4.78, 5) is 118. The second-order valence-corrected chi connectivity index (χ2v) is 17.0. The Kier molecular flexibility index (Phi) is 441. The van der Waals surface area contributed by atoms with E-state index in [9.17, 15) is 14.4 Å². The van der Waals surface area contributed by atoms with Gasteiger partial charge in [0.05, 0.1) is 6.54 Å². The van der Waals surface area contributed by atoms with Crippen molar-refractivity contribution in [3.63, 3.8) is 0 Å². The number of likely N-dealkylation sites (tertiary alicyclic amines) is 1. The minimum Gasteiger partial charge on any atom is -0.394 e. The summed E-state index contributed by atoms with van der Waals surface area (Å²) in [5.74, 6) is 2.96. The molecule has 0 spiro atoms. The van der Waals surface area contributed by atoms with Crippen molar-refractivity contribution >= 4 is 85.6 Å². The molecule has 0 bridgehead atoms. The van der Waals surface area contributed by atoms with Gasteiger partial charge in [0.2, 0.25) is 17.7 Å². The van der Waals surface area contributed by atoms with E-state index in [2.05, 4.69) is 168 Å². The van der Waals surface area contributed by atoms with Gasteiger partial charge in [-0.05, 0) is 109 Å². The maximum atomic E-state index is 12.1. The van der Waals surface area contributed by atoms with Crippen LogP contribution in [0.4, 0.5) is 0 Å². The van der Waals surface area contributed by atoms with Crippen LogP contribution in [0.2, 0.25) is 0 Å². The number of nitrogens with one attached hydrogen (secondary N) is 1. The third-order valence-electron chi connectivity index (χ3n) is 8.29. The lowest BCUT2D eigenvalue weighted by Gasteiger charge is -2.29. The van der Waals surface area contributed by atoms with E-state index in [4.69, 9.17) is 53.1 Å². The summed E-state index contributed by atoms with van der Waals surface area (Å²) in [5.41, 5.74) is 16.3. The molecule has 0 radical (unpaired) electrons. The highest BCUT2D eigenvalue weighted by Crippen LogP contribution is 2.10. The number of carbonyl (C=O) groups excluding carboxylic acids is 13. The van der Waals surface area contributed by atoms with Crippen LogP contribution in [-0.4, -0.2) is 160 Å². The predicted molar refractivity (Wildman–Crippen MR) is 421 cm³/mol. The quantitative estimate of drug-likeness (QED) is 0.111. The van der Waals surface area contributed by atoms with Gasteiger partial charge in [0.15, 0.2) is 0 Å². The molecule has 28 nitrogen and oxygen atoms in total. The number of hydrogen-bond acceptors (Lipinski definition) is 25. The first kappa shape index (κ1) is 185. The highest BCUT2D eigenvalue weighted by atomic mass is 16.3. The Hall–Kier alpha value is -6.93. The number of aliphatic hydroxyl groups is 1. The van der Waals surface area contributed by atoms with Crippen molar-refractivity contribution in [3.05, 3.63) is 71.8 Å². The predicted octanol–water partition coefficient (Wildman–Crippen LogP) is 12.9. The summed E-state index contributed by atoms with van der Waals surface area (Å²) >= 11 is 0. The number of aryl methyl sites for hydroxylation is 2. The van der Waals surface area contributed by atoms with Gasteiger partial charge in [0, 0.05) is 33.2 Å². The lowest BCUT2D eigenvalue weighted by molar-refractivity contribution is -0.138. The summed E-state index contributed by atoms with van der Waals surface area (Å²) in [5, 5.41) is 10.7. The van der Waals surface area contributed by atoms with E-state index >= 15 is 0 Å². The van der Waals surface area contributed by atoms with Crippen LogP contribution >= 0.6 is 0 Å².